The molecular weight excluding hydrogens is 340 g/mol. The van der Waals surface area contributed by atoms with E-state index in [9.17, 15) is 9.90 Å². The number of piperazine rings is 1. The molecule has 138 valence electrons. The van der Waals surface area contributed by atoms with Crippen molar-refractivity contribution in [2.75, 3.05) is 37.7 Å². The Bertz CT molecular complexity index is 949. The van der Waals surface area contributed by atoms with Gasteiger partial charge in [-0.15, -0.1) is 0 Å². The monoisotopic (exact) mass is 362 g/mol. The van der Waals surface area contributed by atoms with Crippen molar-refractivity contribution in [1.82, 2.24) is 4.90 Å². The van der Waals surface area contributed by atoms with Crippen LogP contribution < -0.4 is 9.64 Å². The number of amides is 1. The fraction of sp³-hybridized carbons (Fsp3) is 0.227. The van der Waals surface area contributed by atoms with Crippen molar-refractivity contribution in [1.29, 1.82) is 0 Å². The van der Waals surface area contributed by atoms with Crippen LogP contribution in [-0.4, -0.2) is 48.7 Å². The minimum atomic E-state index is -0.0310. The number of phenolic OH excluding ortho intramolecular Hbond substituents is 1. The molecule has 1 amide bonds. The van der Waals surface area contributed by atoms with Gasteiger partial charge in [-0.25, -0.2) is 0 Å². The van der Waals surface area contributed by atoms with Crippen molar-refractivity contribution in [3.8, 4) is 11.5 Å². The summed E-state index contributed by atoms with van der Waals surface area (Å²) in [7, 11) is 0. The molecule has 4 rings (SSSR count). The molecule has 0 saturated carbocycles. The first-order valence-corrected chi connectivity index (χ1v) is 9.12. The summed E-state index contributed by atoms with van der Waals surface area (Å²) < 4.78 is 5.50. The molecule has 1 heterocycles. The van der Waals surface area contributed by atoms with Crippen molar-refractivity contribution in [3.63, 3.8) is 0 Å². The van der Waals surface area contributed by atoms with Crippen molar-refractivity contribution in [2.45, 2.75) is 0 Å². The van der Waals surface area contributed by atoms with E-state index in [0.29, 0.717) is 18.8 Å². The van der Waals surface area contributed by atoms with Gasteiger partial charge in [-0.05, 0) is 35.0 Å². The van der Waals surface area contributed by atoms with Crippen LogP contribution in [-0.2, 0) is 4.79 Å². The molecule has 1 N–H and O–H groups in total. The van der Waals surface area contributed by atoms with Gasteiger partial charge in [-0.2, -0.15) is 0 Å². The normalized spacial score (nSPS) is 14.4. The average Bonchev–Trinajstić information content (AvgIpc) is 2.72. The van der Waals surface area contributed by atoms with Gasteiger partial charge >= 0.3 is 0 Å². The Morgan fingerprint density at radius 1 is 0.889 bits per heavy atom. The summed E-state index contributed by atoms with van der Waals surface area (Å²) in [6.45, 7) is 2.94. The van der Waals surface area contributed by atoms with E-state index in [1.807, 2.05) is 11.0 Å². The third kappa shape index (κ3) is 3.97. The van der Waals surface area contributed by atoms with E-state index in [4.69, 9.17) is 4.74 Å². The maximum Gasteiger partial charge on any atom is 0.260 e. The van der Waals surface area contributed by atoms with Gasteiger partial charge in [0.25, 0.3) is 5.91 Å². The fourth-order valence-corrected chi connectivity index (χ4v) is 3.40. The lowest BCUT2D eigenvalue weighted by Gasteiger charge is -2.36. The molecule has 0 aromatic heterocycles. The lowest BCUT2D eigenvalue weighted by Crippen LogP contribution is -2.50. The van der Waals surface area contributed by atoms with Crippen molar-refractivity contribution in [2.24, 2.45) is 0 Å². The zero-order valence-corrected chi connectivity index (χ0v) is 15.0. The first-order chi connectivity index (χ1) is 13.2. The van der Waals surface area contributed by atoms with Gasteiger partial charge in [0.15, 0.2) is 6.61 Å². The lowest BCUT2D eigenvalue weighted by atomic mass is 10.1. The summed E-state index contributed by atoms with van der Waals surface area (Å²) in [5, 5.41) is 11.9. The molecule has 1 saturated heterocycles. The molecule has 5 nitrogen and oxygen atoms in total. The SMILES string of the molecule is O=C(COc1cccc(O)c1)N1CCN(c2ccc3ccccc3c2)CC1. The van der Waals surface area contributed by atoms with Gasteiger partial charge in [0.2, 0.25) is 0 Å². The highest BCUT2D eigenvalue weighted by Crippen LogP contribution is 2.23. The number of phenols is 1. The first-order valence-electron chi connectivity index (χ1n) is 9.12. The number of fused-ring (bicyclic) bond motifs is 1. The number of benzene rings is 3. The molecule has 5 heteroatoms. The first kappa shape index (κ1) is 17.2. The number of ether oxygens (including phenoxy) is 1. The van der Waals surface area contributed by atoms with Gasteiger partial charge in [-0.3, -0.25) is 4.79 Å². The van der Waals surface area contributed by atoms with Crippen LogP contribution in [0.1, 0.15) is 0 Å². The van der Waals surface area contributed by atoms with E-state index in [1.165, 1.54) is 22.5 Å². The zero-order chi connectivity index (χ0) is 18.6. The molecule has 1 aliphatic heterocycles. The van der Waals surface area contributed by atoms with Crippen LogP contribution in [0.25, 0.3) is 10.8 Å². The number of hydrogen-bond acceptors (Lipinski definition) is 4. The predicted molar refractivity (Wildman–Crippen MR) is 106 cm³/mol. The number of anilines is 1. The number of nitrogens with zero attached hydrogens (tertiary/aromatic N) is 2. The van der Waals surface area contributed by atoms with Crippen LogP contribution in [0, 0.1) is 0 Å². The van der Waals surface area contributed by atoms with E-state index in [2.05, 4.69) is 41.3 Å². The van der Waals surface area contributed by atoms with E-state index in [1.54, 1.807) is 18.2 Å². The van der Waals surface area contributed by atoms with Crippen LogP contribution >= 0.6 is 0 Å². The number of aromatic hydroxyl groups is 1. The van der Waals surface area contributed by atoms with Crippen LogP contribution in [0.3, 0.4) is 0 Å². The largest absolute Gasteiger partial charge is 0.508 e. The molecule has 0 bridgehead atoms. The molecule has 27 heavy (non-hydrogen) atoms. The fourth-order valence-electron chi connectivity index (χ4n) is 3.40. The van der Waals surface area contributed by atoms with Gasteiger partial charge in [0, 0.05) is 37.9 Å². The maximum atomic E-state index is 12.4. The van der Waals surface area contributed by atoms with E-state index < -0.39 is 0 Å². The van der Waals surface area contributed by atoms with Crippen LogP contribution in [0.15, 0.2) is 66.7 Å². The third-order valence-corrected chi connectivity index (χ3v) is 4.91. The molecule has 0 atom stereocenters. The number of rotatable bonds is 4. The second-order valence-corrected chi connectivity index (χ2v) is 6.69. The molecule has 0 radical (unpaired) electrons. The van der Waals surface area contributed by atoms with Gasteiger partial charge in [0.05, 0.1) is 0 Å². The molecule has 0 spiro atoms. The van der Waals surface area contributed by atoms with E-state index in [-0.39, 0.29) is 18.3 Å². The molecule has 1 aliphatic rings. The highest BCUT2D eigenvalue weighted by molar-refractivity contribution is 5.86. The maximum absolute atomic E-state index is 12.4. The van der Waals surface area contributed by atoms with Crippen LogP contribution in [0.5, 0.6) is 11.5 Å². The summed E-state index contributed by atoms with van der Waals surface area (Å²) in [5.74, 6) is 0.596. The Morgan fingerprint density at radius 3 is 2.44 bits per heavy atom. The molecule has 0 unspecified atom stereocenters. The number of carbonyl (C=O) groups excluding carboxylic acids is 1. The minimum absolute atomic E-state index is 0.0145. The summed E-state index contributed by atoms with van der Waals surface area (Å²) in [6.07, 6.45) is 0. The standard InChI is InChI=1S/C22H22N2O3/c25-20-6-3-7-21(15-20)27-16-22(26)24-12-10-23(11-13-24)19-9-8-17-4-1-2-5-18(17)14-19/h1-9,14-15,25H,10-13,16H2. The van der Waals surface area contributed by atoms with Gasteiger partial charge < -0.3 is 19.6 Å². The van der Waals surface area contributed by atoms with Crippen molar-refractivity contribution >= 4 is 22.4 Å². The Balaban J connectivity index is 1.33. The smallest absolute Gasteiger partial charge is 0.260 e. The zero-order valence-electron chi connectivity index (χ0n) is 15.0. The van der Waals surface area contributed by atoms with Gasteiger partial charge in [-0.1, -0.05) is 36.4 Å². The Kier molecular flexibility index (Phi) is 4.83. The predicted octanol–water partition coefficient (Wildman–Crippen LogP) is 3.27. The quantitative estimate of drug-likeness (QED) is 0.774. The Hall–Kier alpha value is -3.21. The van der Waals surface area contributed by atoms with E-state index in [0.717, 1.165) is 13.1 Å². The molecule has 3 aromatic carbocycles. The van der Waals surface area contributed by atoms with E-state index >= 15 is 0 Å². The molecule has 0 aliphatic carbocycles. The molecule has 1 fully saturated rings. The Morgan fingerprint density at radius 2 is 1.67 bits per heavy atom. The number of hydrogen-bond donors (Lipinski definition) is 1. The average molecular weight is 362 g/mol. The summed E-state index contributed by atoms with van der Waals surface area (Å²) in [4.78, 5) is 16.5. The van der Waals surface area contributed by atoms with Crippen LogP contribution in [0.2, 0.25) is 0 Å². The summed E-state index contributed by atoms with van der Waals surface area (Å²) >= 11 is 0. The van der Waals surface area contributed by atoms with Gasteiger partial charge in [0.1, 0.15) is 11.5 Å². The minimum Gasteiger partial charge on any atom is -0.508 e. The molecule has 3 aromatic rings. The summed E-state index contributed by atoms with van der Waals surface area (Å²) in [5.41, 5.74) is 1.19. The van der Waals surface area contributed by atoms with Crippen LogP contribution in [0.4, 0.5) is 5.69 Å². The molecular formula is C22H22N2O3. The summed E-state index contributed by atoms with van der Waals surface area (Å²) in [6, 6.07) is 21.3. The Labute approximate surface area is 158 Å². The number of carbonyl (C=O) groups is 1. The lowest BCUT2D eigenvalue weighted by molar-refractivity contribution is -0.133. The van der Waals surface area contributed by atoms with Crippen molar-refractivity contribution < 1.29 is 14.6 Å². The third-order valence-electron chi connectivity index (χ3n) is 4.91. The highest BCUT2D eigenvalue weighted by Gasteiger charge is 2.21. The second-order valence-electron chi connectivity index (χ2n) is 6.69. The second kappa shape index (κ2) is 7.58. The topological polar surface area (TPSA) is 53.0 Å². The highest BCUT2D eigenvalue weighted by atomic mass is 16.5. The van der Waals surface area contributed by atoms with Crippen molar-refractivity contribution in [3.05, 3.63) is 66.7 Å².